The highest BCUT2D eigenvalue weighted by atomic mass is 16.6. The number of cyclic esters (lactones) is 1. The zero-order valence-corrected chi connectivity index (χ0v) is 25.1. The van der Waals surface area contributed by atoms with Crippen molar-refractivity contribution in [3.8, 4) is 0 Å². The van der Waals surface area contributed by atoms with Crippen LogP contribution in [0.25, 0.3) is 0 Å². The van der Waals surface area contributed by atoms with Gasteiger partial charge in [0.15, 0.2) is 0 Å². The van der Waals surface area contributed by atoms with Gasteiger partial charge in [-0.05, 0) is 105 Å². The Labute approximate surface area is 243 Å². The molecular formula is C32H47NO8. The number of unbranched alkanes of at least 4 members (excludes halogenated alkanes) is 1. The van der Waals surface area contributed by atoms with Crippen molar-refractivity contribution in [2.45, 2.75) is 109 Å². The molecular weight excluding hydrogens is 526 g/mol. The first-order valence-corrected chi connectivity index (χ1v) is 15.6. The lowest BCUT2D eigenvalue weighted by molar-refractivity contribution is -0.208. The Morgan fingerprint density at radius 3 is 2.49 bits per heavy atom. The Hall–Kier alpha value is -2.42. The van der Waals surface area contributed by atoms with Crippen molar-refractivity contribution in [3.63, 3.8) is 0 Å². The molecule has 5 aliphatic rings. The highest BCUT2D eigenvalue weighted by Gasteiger charge is 2.67. The molecule has 1 aliphatic heterocycles. The molecule has 4 fully saturated rings. The van der Waals surface area contributed by atoms with E-state index in [9.17, 15) is 24.3 Å². The molecule has 1 heterocycles. The summed E-state index contributed by atoms with van der Waals surface area (Å²) < 4.78 is 15.7. The van der Waals surface area contributed by atoms with Crippen molar-refractivity contribution in [1.29, 1.82) is 0 Å². The Balaban J connectivity index is 1.18. The fourth-order valence-electron chi connectivity index (χ4n) is 9.62. The predicted molar refractivity (Wildman–Crippen MR) is 149 cm³/mol. The van der Waals surface area contributed by atoms with Gasteiger partial charge in [-0.3, -0.25) is 14.5 Å². The first kappa shape index (κ1) is 30.1. The first-order chi connectivity index (χ1) is 19.4. The lowest BCUT2D eigenvalue weighted by Crippen LogP contribution is -2.62. The average Bonchev–Trinajstić information content (AvgIpc) is 3.49. The standard InChI is InChI=1S/C32H47NO8/c1-30-14-11-22(41-29(37)33(3)26(34)7-5-6-8-27(35)39-4)18-21(30)9-10-25-24(30)12-15-31(2)23(13-16-32(25,31)38)20-17-28(36)40-19-20/h17,21-25,38H,5-16,18-19H2,1-4H3/t21-,22+,23+,24+,25-,30+,31-,32?/m1/s1. The van der Waals surface area contributed by atoms with E-state index in [1.807, 2.05) is 0 Å². The molecule has 0 bridgehead atoms. The summed E-state index contributed by atoms with van der Waals surface area (Å²) in [7, 11) is 2.80. The lowest BCUT2D eigenvalue weighted by atomic mass is 9.43. The van der Waals surface area contributed by atoms with E-state index < -0.39 is 11.7 Å². The minimum Gasteiger partial charge on any atom is -0.469 e. The van der Waals surface area contributed by atoms with Gasteiger partial charge in [-0.2, -0.15) is 0 Å². The molecule has 1 N–H and O–H groups in total. The second-order valence-electron chi connectivity index (χ2n) is 13.8. The third-order valence-corrected chi connectivity index (χ3v) is 12.1. The summed E-state index contributed by atoms with van der Waals surface area (Å²) in [6.45, 7) is 4.99. The Morgan fingerprint density at radius 2 is 1.78 bits per heavy atom. The van der Waals surface area contributed by atoms with Crippen LogP contribution in [0, 0.1) is 34.5 Å². The molecule has 8 atom stereocenters. The molecule has 9 nitrogen and oxygen atoms in total. The van der Waals surface area contributed by atoms with Gasteiger partial charge in [-0.15, -0.1) is 0 Å². The van der Waals surface area contributed by atoms with E-state index in [1.54, 1.807) is 6.08 Å². The topological polar surface area (TPSA) is 119 Å². The van der Waals surface area contributed by atoms with Gasteiger partial charge in [0, 0.05) is 31.4 Å². The number of imide groups is 1. The highest BCUT2D eigenvalue weighted by Crippen LogP contribution is 2.70. The van der Waals surface area contributed by atoms with Gasteiger partial charge in [-0.1, -0.05) is 13.8 Å². The maximum atomic E-state index is 12.8. The average molecular weight is 574 g/mol. The molecule has 0 saturated heterocycles. The molecule has 5 rings (SSSR count). The zero-order chi connectivity index (χ0) is 29.6. The molecule has 4 aliphatic carbocycles. The van der Waals surface area contributed by atoms with E-state index in [0.29, 0.717) is 31.3 Å². The number of ether oxygens (including phenoxy) is 3. The first-order valence-electron chi connectivity index (χ1n) is 15.6. The molecule has 41 heavy (non-hydrogen) atoms. The van der Waals surface area contributed by atoms with Crippen molar-refractivity contribution in [2.24, 2.45) is 34.5 Å². The maximum absolute atomic E-state index is 12.8. The number of aliphatic hydroxyl groups is 1. The maximum Gasteiger partial charge on any atom is 0.416 e. The molecule has 9 heteroatoms. The molecule has 4 saturated carbocycles. The number of hydrogen-bond donors (Lipinski definition) is 1. The molecule has 0 aromatic rings. The van der Waals surface area contributed by atoms with Gasteiger partial charge in [-0.25, -0.2) is 9.59 Å². The van der Waals surface area contributed by atoms with E-state index in [1.165, 1.54) is 14.2 Å². The van der Waals surface area contributed by atoms with Crippen LogP contribution in [0.5, 0.6) is 0 Å². The van der Waals surface area contributed by atoms with E-state index >= 15 is 0 Å². The molecule has 1 unspecified atom stereocenters. The number of hydrogen-bond acceptors (Lipinski definition) is 8. The molecule has 2 amide bonds. The monoisotopic (exact) mass is 573 g/mol. The summed E-state index contributed by atoms with van der Waals surface area (Å²) in [5, 5.41) is 12.4. The number of amides is 2. The summed E-state index contributed by atoms with van der Waals surface area (Å²) >= 11 is 0. The quantitative estimate of drug-likeness (QED) is 0.258. The van der Waals surface area contributed by atoms with Gasteiger partial charge in [0.2, 0.25) is 5.91 Å². The van der Waals surface area contributed by atoms with Crippen LogP contribution in [0.4, 0.5) is 4.79 Å². The van der Waals surface area contributed by atoms with Gasteiger partial charge in [0.25, 0.3) is 0 Å². The van der Waals surface area contributed by atoms with Crippen LogP contribution in [-0.4, -0.2) is 66.4 Å². The van der Waals surface area contributed by atoms with E-state index in [-0.39, 0.29) is 59.5 Å². The second-order valence-corrected chi connectivity index (χ2v) is 13.8. The summed E-state index contributed by atoms with van der Waals surface area (Å²) in [5.41, 5.74) is 0.136. The third kappa shape index (κ3) is 5.21. The van der Waals surface area contributed by atoms with Gasteiger partial charge in [0.05, 0.1) is 12.7 Å². The molecule has 228 valence electrons. The molecule has 0 spiro atoms. The summed E-state index contributed by atoms with van der Waals surface area (Å²) in [6.07, 6.45) is 10.4. The molecule has 0 radical (unpaired) electrons. The van der Waals surface area contributed by atoms with Gasteiger partial charge < -0.3 is 19.3 Å². The number of methoxy groups -OCH3 is 1. The van der Waals surface area contributed by atoms with Crippen LogP contribution >= 0.6 is 0 Å². The van der Waals surface area contributed by atoms with Crippen molar-refractivity contribution < 1.29 is 38.5 Å². The molecule has 0 aromatic heterocycles. The summed E-state index contributed by atoms with van der Waals surface area (Å²) in [6, 6.07) is 0. The third-order valence-electron chi connectivity index (χ3n) is 12.1. The normalized spacial score (nSPS) is 39.5. The van der Waals surface area contributed by atoms with E-state index in [0.717, 1.165) is 68.3 Å². The predicted octanol–water partition coefficient (Wildman–Crippen LogP) is 4.94. The Morgan fingerprint density at radius 1 is 1.02 bits per heavy atom. The van der Waals surface area contributed by atoms with Gasteiger partial charge in [0.1, 0.15) is 12.7 Å². The van der Waals surface area contributed by atoms with E-state index in [4.69, 9.17) is 9.47 Å². The van der Waals surface area contributed by atoms with Crippen molar-refractivity contribution in [2.75, 3.05) is 20.8 Å². The van der Waals surface area contributed by atoms with Crippen LogP contribution in [0.2, 0.25) is 0 Å². The lowest BCUT2D eigenvalue weighted by Gasteiger charge is -2.63. The zero-order valence-electron chi connectivity index (χ0n) is 25.1. The minimum atomic E-state index is -0.746. The Bertz CT molecular complexity index is 1100. The number of carbonyl (C=O) groups excluding carboxylic acids is 4. The number of rotatable bonds is 7. The minimum absolute atomic E-state index is 0.0774. The SMILES string of the molecule is COC(=O)CCCCC(=O)N(C)C(=O)O[C@H]1CC[C@@]2(C)[C@H](CC[C@@H]3[C@@H]2CC[C@]2(C)[C@H](C4=CC(=O)OC4)CCC32O)C1. The van der Waals surface area contributed by atoms with Crippen LogP contribution in [0.3, 0.4) is 0 Å². The second kappa shape index (κ2) is 11.3. The van der Waals surface area contributed by atoms with Crippen LogP contribution in [-0.2, 0) is 28.6 Å². The van der Waals surface area contributed by atoms with Gasteiger partial charge >= 0.3 is 18.0 Å². The van der Waals surface area contributed by atoms with Crippen LogP contribution in [0.15, 0.2) is 11.6 Å². The number of fused-ring (bicyclic) bond motifs is 5. The van der Waals surface area contributed by atoms with Crippen molar-refractivity contribution >= 4 is 23.9 Å². The number of carbonyl (C=O) groups is 4. The van der Waals surface area contributed by atoms with Crippen LogP contribution < -0.4 is 0 Å². The highest BCUT2D eigenvalue weighted by molar-refractivity contribution is 5.91. The summed E-state index contributed by atoms with van der Waals surface area (Å²) in [5.74, 6) is 0.369. The van der Waals surface area contributed by atoms with Crippen molar-refractivity contribution in [1.82, 2.24) is 4.90 Å². The van der Waals surface area contributed by atoms with Crippen LogP contribution in [0.1, 0.15) is 97.3 Å². The fraction of sp³-hybridized carbons (Fsp3) is 0.812. The molecule has 0 aromatic carbocycles. The smallest absolute Gasteiger partial charge is 0.416 e. The largest absolute Gasteiger partial charge is 0.469 e. The Kier molecular flexibility index (Phi) is 8.31. The van der Waals surface area contributed by atoms with Crippen molar-refractivity contribution in [3.05, 3.63) is 11.6 Å². The fourth-order valence-corrected chi connectivity index (χ4v) is 9.62. The number of nitrogens with zero attached hydrogens (tertiary/aromatic N) is 1. The van der Waals surface area contributed by atoms with E-state index in [2.05, 4.69) is 18.6 Å². The number of esters is 2. The summed E-state index contributed by atoms with van der Waals surface area (Å²) in [4.78, 5) is 49.4.